The first kappa shape index (κ1) is 21.0. The predicted octanol–water partition coefficient (Wildman–Crippen LogP) is 1.52. The number of ether oxygens (including phenoxy) is 1. The van der Waals surface area contributed by atoms with E-state index in [1.54, 1.807) is 30.3 Å². The number of carbonyl (C=O) groups excluding carboxylic acids is 2. The maximum Gasteiger partial charge on any atom is 0.308 e. The molecule has 29 heavy (non-hydrogen) atoms. The van der Waals surface area contributed by atoms with E-state index in [4.69, 9.17) is 9.26 Å². The molecule has 1 aliphatic rings. The molecule has 1 saturated carbocycles. The third-order valence-electron chi connectivity index (χ3n) is 4.37. The highest BCUT2D eigenvalue weighted by Gasteiger charge is 2.31. The molecule has 1 aliphatic carbocycles. The molecule has 1 heterocycles. The van der Waals surface area contributed by atoms with E-state index >= 15 is 0 Å². The monoisotopic (exact) mass is 421 g/mol. The van der Waals surface area contributed by atoms with Crippen LogP contribution in [0.5, 0.6) is 0 Å². The number of sulfonamides is 1. The van der Waals surface area contributed by atoms with E-state index in [1.165, 1.54) is 13.8 Å². The topological polar surface area (TPSA) is 128 Å². The van der Waals surface area contributed by atoms with Gasteiger partial charge in [0.15, 0.2) is 5.76 Å². The van der Waals surface area contributed by atoms with Gasteiger partial charge >= 0.3 is 5.97 Å². The molecule has 1 aromatic carbocycles. The molecule has 0 spiro atoms. The number of rotatable bonds is 9. The van der Waals surface area contributed by atoms with Crippen molar-refractivity contribution in [2.75, 3.05) is 6.54 Å². The zero-order valence-electron chi connectivity index (χ0n) is 16.2. The molecule has 0 bridgehead atoms. The normalized spacial score (nSPS) is 15.0. The standard InChI is InChI=1S/C19H23N3O6S/c1-12-18(13(2)28-22-12)29(25,26)20-11-10-16(23)27-17(14-6-4-3-5-7-14)19(24)21-15-8-9-15/h3-7,15,17,20H,8-11H2,1-2H3,(H,21,24)/t17-/m0/s1. The van der Waals surface area contributed by atoms with Crippen LogP contribution >= 0.6 is 0 Å². The van der Waals surface area contributed by atoms with Gasteiger partial charge in [-0.3, -0.25) is 9.59 Å². The van der Waals surface area contributed by atoms with Crippen molar-refractivity contribution in [2.24, 2.45) is 0 Å². The van der Waals surface area contributed by atoms with Crippen LogP contribution in [0.25, 0.3) is 0 Å². The Morgan fingerprint density at radius 3 is 2.52 bits per heavy atom. The van der Waals surface area contributed by atoms with E-state index in [0.717, 1.165) is 12.8 Å². The summed E-state index contributed by atoms with van der Waals surface area (Å²) in [4.78, 5) is 24.7. The van der Waals surface area contributed by atoms with Gasteiger partial charge in [-0.25, -0.2) is 13.1 Å². The highest BCUT2D eigenvalue weighted by atomic mass is 32.2. The van der Waals surface area contributed by atoms with Crippen molar-refractivity contribution >= 4 is 21.9 Å². The van der Waals surface area contributed by atoms with Crippen LogP contribution < -0.4 is 10.0 Å². The molecule has 2 N–H and O–H groups in total. The first-order chi connectivity index (χ1) is 13.8. The minimum absolute atomic E-state index is 0.0446. The fourth-order valence-electron chi connectivity index (χ4n) is 2.81. The van der Waals surface area contributed by atoms with E-state index < -0.39 is 22.1 Å². The first-order valence-corrected chi connectivity index (χ1v) is 10.7. The average molecular weight is 421 g/mol. The van der Waals surface area contributed by atoms with Gasteiger partial charge in [-0.05, 0) is 26.7 Å². The third kappa shape index (κ3) is 5.42. The summed E-state index contributed by atoms with van der Waals surface area (Å²) in [6.07, 6.45) is 0.501. The molecule has 0 aliphatic heterocycles. The Kier molecular flexibility index (Phi) is 6.33. The van der Waals surface area contributed by atoms with Crippen molar-refractivity contribution in [3.63, 3.8) is 0 Å². The molecule has 1 amide bonds. The summed E-state index contributed by atoms with van der Waals surface area (Å²) < 4.78 is 37.3. The van der Waals surface area contributed by atoms with Crippen LogP contribution in [0.3, 0.4) is 0 Å². The molecule has 3 rings (SSSR count). The van der Waals surface area contributed by atoms with Crippen molar-refractivity contribution in [3.05, 3.63) is 47.3 Å². The lowest BCUT2D eigenvalue weighted by Crippen LogP contribution is -2.34. The number of aryl methyl sites for hydroxylation is 2. The number of hydrogen-bond donors (Lipinski definition) is 2. The average Bonchev–Trinajstić information content (AvgIpc) is 3.42. The Morgan fingerprint density at radius 2 is 1.93 bits per heavy atom. The zero-order valence-corrected chi connectivity index (χ0v) is 17.0. The Labute approximate surface area is 168 Å². The zero-order chi connectivity index (χ0) is 21.0. The van der Waals surface area contributed by atoms with Crippen LogP contribution in [0, 0.1) is 13.8 Å². The lowest BCUT2D eigenvalue weighted by molar-refractivity contribution is -0.156. The van der Waals surface area contributed by atoms with E-state index in [9.17, 15) is 18.0 Å². The molecule has 1 atom stereocenters. The molecule has 0 saturated heterocycles. The van der Waals surface area contributed by atoms with Crippen molar-refractivity contribution in [1.29, 1.82) is 0 Å². The van der Waals surface area contributed by atoms with E-state index in [0.29, 0.717) is 5.56 Å². The molecule has 1 aromatic heterocycles. The summed E-state index contributed by atoms with van der Waals surface area (Å²) in [7, 11) is -3.87. The number of benzene rings is 1. The van der Waals surface area contributed by atoms with Crippen molar-refractivity contribution in [2.45, 2.75) is 50.2 Å². The molecule has 156 valence electrons. The molecule has 0 unspecified atom stereocenters. The second kappa shape index (κ2) is 8.75. The van der Waals surface area contributed by atoms with Gasteiger partial charge in [0.2, 0.25) is 16.1 Å². The lowest BCUT2D eigenvalue weighted by atomic mass is 10.1. The number of aromatic nitrogens is 1. The maximum atomic E-state index is 12.5. The van der Waals surface area contributed by atoms with E-state index in [2.05, 4.69) is 15.2 Å². The van der Waals surface area contributed by atoms with Gasteiger partial charge in [0, 0.05) is 18.2 Å². The van der Waals surface area contributed by atoms with Gasteiger partial charge in [0.05, 0.1) is 6.42 Å². The number of nitrogens with one attached hydrogen (secondary N) is 2. The Morgan fingerprint density at radius 1 is 1.24 bits per heavy atom. The van der Waals surface area contributed by atoms with Crippen LogP contribution in [0.4, 0.5) is 0 Å². The van der Waals surface area contributed by atoms with Crippen molar-refractivity contribution < 1.29 is 27.3 Å². The van der Waals surface area contributed by atoms with E-state index in [1.807, 2.05) is 0 Å². The van der Waals surface area contributed by atoms with E-state index in [-0.39, 0.29) is 41.3 Å². The van der Waals surface area contributed by atoms with Crippen molar-refractivity contribution in [3.8, 4) is 0 Å². The van der Waals surface area contributed by atoms with Crippen LogP contribution in [0.2, 0.25) is 0 Å². The van der Waals surface area contributed by atoms with Crippen LogP contribution in [-0.4, -0.2) is 38.0 Å². The number of amides is 1. The first-order valence-electron chi connectivity index (χ1n) is 9.25. The van der Waals surface area contributed by atoms with Crippen LogP contribution in [0.1, 0.15) is 42.4 Å². The summed E-state index contributed by atoms with van der Waals surface area (Å²) >= 11 is 0. The largest absolute Gasteiger partial charge is 0.447 e. The highest BCUT2D eigenvalue weighted by Crippen LogP contribution is 2.23. The van der Waals surface area contributed by atoms with Crippen LogP contribution in [-0.2, 0) is 24.3 Å². The molecule has 0 radical (unpaired) electrons. The summed E-state index contributed by atoms with van der Waals surface area (Å²) in [5.41, 5.74) is 0.786. The smallest absolute Gasteiger partial charge is 0.308 e. The summed E-state index contributed by atoms with van der Waals surface area (Å²) in [5.74, 6) is -0.909. The fraction of sp³-hybridized carbons (Fsp3) is 0.421. The third-order valence-corrected chi connectivity index (χ3v) is 6.08. The Hall–Kier alpha value is -2.72. The number of carbonyl (C=O) groups is 2. The quantitative estimate of drug-likeness (QED) is 0.588. The number of hydrogen-bond acceptors (Lipinski definition) is 7. The van der Waals surface area contributed by atoms with Gasteiger partial charge in [-0.1, -0.05) is 35.5 Å². The molecular formula is C19H23N3O6S. The second-order valence-corrected chi connectivity index (χ2v) is 8.57. The number of esters is 1. The second-order valence-electron chi connectivity index (χ2n) is 6.86. The van der Waals surface area contributed by atoms with Crippen LogP contribution in [0.15, 0.2) is 39.8 Å². The summed E-state index contributed by atoms with van der Waals surface area (Å²) in [5, 5.41) is 6.44. The molecule has 1 fully saturated rings. The minimum atomic E-state index is -3.87. The van der Waals surface area contributed by atoms with Crippen molar-refractivity contribution in [1.82, 2.24) is 15.2 Å². The SMILES string of the molecule is Cc1noc(C)c1S(=O)(=O)NCCC(=O)O[C@H](C(=O)NC1CC1)c1ccccc1. The number of nitrogens with zero attached hydrogens (tertiary/aromatic N) is 1. The minimum Gasteiger partial charge on any atom is -0.447 e. The molecular weight excluding hydrogens is 398 g/mol. The van der Waals surface area contributed by atoms with Gasteiger partial charge in [-0.15, -0.1) is 0 Å². The molecule has 2 aromatic rings. The van der Waals surface area contributed by atoms with Gasteiger partial charge in [0.1, 0.15) is 10.6 Å². The highest BCUT2D eigenvalue weighted by molar-refractivity contribution is 7.89. The van der Waals surface area contributed by atoms with Gasteiger partial charge in [0.25, 0.3) is 5.91 Å². The summed E-state index contributed by atoms with van der Waals surface area (Å²) in [6.45, 7) is 2.82. The lowest BCUT2D eigenvalue weighted by Gasteiger charge is -2.18. The van der Waals surface area contributed by atoms with Gasteiger partial charge in [-0.2, -0.15) is 0 Å². The molecule has 10 heteroatoms. The summed E-state index contributed by atoms with van der Waals surface area (Å²) in [6, 6.07) is 8.81. The fourth-order valence-corrected chi connectivity index (χ4v) is 4.17. The Bertz CT molecular complexity index is 963. The Balaban J connectivity index is 1.59. The van der Waals surface area contributed by atoms with Gasteiger partial charge < -0.3 is 14.6 Å². The molecule has 9 nitrogen and oxygen atoms in total. The predicted molar refractivity (Wildman–Crippen MR) is 102 cm³/mol. The maximum absolute atomic E-state index is 12.5.